The quantitative estimate of drug-likeness (QED) is 0.736. The molecule has 2 rings (SSSR count). The molecule has 82 valence electrons. The van der Waals surface area contributed by atoms with Crippen molar-refractivity contribution < 1.29 is 4.79 Å². The Labute approximate surface area is 94.7 Å². The maximum Gasteiger partial charge on any atom is 0.177 e. The van der Waals surface area contributed by atoms with E-state index in [0.717, 1.165) is 0 Å². The third-order valence-corrected chi connectivity index (χ3v) is 2.73. The van der Waals surface area contributed by atoms with E-state index < -0.39 is 0 Å². The molecule has 0 spiro atoms. The topological polar surface area (TPSA) is 34.9 Å². The predicted octanol–water partition coefficient (Wildman–Crippen LogP) is 2.70. The highest BCUT2D eigenvalue weighted by Gasteiger charge is 2.13. The summed E-state index contributed by atoms with van der Waals surface area (Å²) in [7, 11) is 0. The van der Waals surface area contributed by atoms with Crippen molar-refractivity contribution in [1.82, 2.24) is 9.55 Å². The second-order valence-corrected chi connectivity index (χ2v) is 3.83. The number of carbonyl (C=O) groups excluding carboxylic acids is 1. The first-order valence-corrected chi connectivity index (χ1v) is 5.28. The van der Waals surface area contributed by atoms with Crippen LogP contribution in [0.4, 0.5) is 0 Å². The lowest BCUT2D eigenvalue weighted by Crippen LogP contribution is -2.11. The average molecular weight is 214 g/mol. The lowest BCUT2D eigenvalue weighted by atomic mass is 10.1. The number of carbonyl (C=O) groups is 1. The van der Waals surface area contributed by atoms with Gasteiger partial charge in [0.25, 0.3) is 0 Å². The SMILES string of the molecule is CC(=O)c1cncn1[C@H](C)c1ccccc1. The number of ketones is 1. The minimum absolute atomic E-state index is 0.0419. The van der Waals surface area contributed by atoms with Crippen molar-refractivity contribution in [1.29, 1.82) is 0 Å². The Bertz CT molecular complexity index is 488. The summed E-state index contributed by atoms with van der Waals surface area (Å²) in [4.78, 5) is 15.4. The molecule has 3 heteroatoms. The fraction of sp³-hybridized carbons (Fsp3) is 0.231. The van der Waals surface area contributed by atoms with Crippen LogP contribution in [-0.2, 0) is 0 Å². The van der Waals surface area contributed by atoms with Gasteiger partial charge in [0.1, 0.15) is 5.69 Å². The first-order valence-electron chi connectivity index (χ1n) is 5.28. The number of hydrogen-bond donors (Lipinski definition) is 0. The number of nitrogens with zero attached hydrogens (tertiary/aromatic N) is 2. The highest BCUT2D eigenvalue weighted by Crippen LogP contribution is 2.19. The van der Waals surface area contributed by atoms with Crippen LogP contribution in [0.1, 0.15) is 35.9 Å². The van der Waals surface area contributed by atoms with E-state index >= 15 is 0 Å². The zero-order valence-corrected chi connectivity index (χ0v) is 9.42. The van der Waals surface area contributed by atoms with Crippen LogP contribution < -0.4 is 0 Å². The Morgan fingerprint density at radius 2 is 2.00 bits per heavy atom. The highest BCUT2D eigenvalue weighted by molar-refractivity contribution is 5.92. The minimum atomic E-state index is 0.0419. The van der Waals surface area contributed by atoms with Crippen molar-refractivity contribution in [2.45, 2.75) is 19.9 Å². The van der Waals surface area contributed by atoms with Crippen molar-refractivity contribution in [3.8, 4) is 0 Å². The van der Waals surface area contributed by atoms with Gasteiger partial charge in [-0.05, 0) is 12.5 Å². The van der Waals surface area contributed by atoms with Crippen molar-refractivity contribution in [3.63, 3.8) is 0 Å². The molecule has 1 atom stereocenters. The number of benzene rings is 1. The molecule has 2 aromatic rings. The van der Waals surface area contributed by atoms with Gasteiger partial charge in [0, 0.05) is 6.92 Å². The van der Waals surface area contributed by atoms with Gasteiger partial charge in [-0.3, -0.25) is 4.79 Å². The number of hydrogen-bond acceptors (Lipinski definition) is 2. The van der Waals surface area contributed by atoms with E-state index in [4.69, 9.17) is 0 Å². The summed E-state index contributed by atoms with van der Waals surface area (Å²) in [5, 5.41) is 0. The number of aromatic nitrogens is 2. The molecule has 0 fully saturated rings. The zero-order valence-electron chi connectivity index (χ0n) is 9.42. The maximum atomic E-state index is 11.4. The van der Waals surface area contributed by atoms with Crippen LogP contribution in [0.3, 0.4) is 0 Å². The summed E-state index contributed by atoms with van der Waals surface area (Å²) >= 11 is 0. The van der Waals surface area contributed by atoms with E-state index in [1.165, 1.54) is 5.56 Å². The zero-order chi connectivity index (χ0) is 11.5. The number of imidazole rings is 1. The lowest BCUT2D eigenvalue weighted by molar-refractivity contribution is 0.100. The summed E-state index contributed by atoms with van der Waals surface area (Å²) in [6.45, 7) is 3.62. The van der Waals surface area contributed by atoms with Crippen LogP contribution >= 0.6 is 0 Å². The van der Waals surface area contributed by atoms with Crippen LogP contribution in [0, 0.1) is 0 Å². The summed E-state index contributed by atoms with van der Waals surface area (Å²) in [6, 6.07) is 10.2. The molecule has 0 saturated heterocycles. The lowest BCUT2D eigenvalue weighted by Gasteiger charge is -2.15. The number of Topliss-reactive ketones (excluding diaryl/α,β-unsaturated/α-hetero) is 1. The molecule has 1 aromatic carbocycles. The van der Waals surface area contributed by atoms with Gasteiger partial charge < -0.3 is 4.57 Å². The van der Waals surface area contributed by atoms with Gasteiger partial charge in [-0.2, -0.15) is 0 Å². The molecule has 0 aliphatic rings. The van der Waals surface area contributed by atoms with E-state index in [-0.39, 0.29) is 11.8 Å². The van der Waals surface area contributed by atoms with Gasteiger partial charge in [-0.1, -0.05) is 30.3 Å². The third-order valence-electron chi connectivity index (χ3n) is 2.73. The van der Waals surface area contributed by atoms with Crippen molar-refractivity contribution in [2.75, 3.05) is 0 Å². The smallest absolute Gasteiger partial charge is 0.177 e. The largest absolute Gasteiger partial charge is 0.321 e. The van der Waals surface area contributed by atoms with E-state index in [2.05, 4.69) is 24.0 Å². The van der Waals surface area contributed by atoms with Gasteiger partial charge in [0.2, 0.25) is 0 Å². The Hall–Kier alpha value is -1.90. The molecule has 0 unspecified atom stereocenters. The molecular weight excluding hydrogens is 200 g/mol. The fourth-order valence-electron chi connectivity index (χ4n) is 1.78. The van der Waals surface area contributed by atoms with Gasteiger partial charge in [-0.25, -0.2) is 4.98 Å². The molecule has 16 heavy (non-hydrogen) atoms. The summed E-state index contributed by atoms with van der Waals surface area (Å²) in [5.74, 6) is 0.0419. The van der Waals surface area contributed by atoms with E-state index in [0.29, 0.717) is 5.69 Å². The van der Waals surface area contributed by atoms with Gasteiger partial charge in [-0.15, -0.1) is 0 Å². The molecule has 1 aromatic heterocycles. The molecule has 3 nitrogen and oxygen atoms in total. The minimum Gasteiger partial charge on any atom is -0.321 e. The van der Waals surface area contributed by atoms with E-state index in [9.17, 15) is 4.79 Å². The fourth-order valence-corrected chi connectivity index (χ4v) is 1.78. The van der Waals surface area contributed by atoms with Crippen LogP contribution in [0.2, 0.25) is 0 Å². The molecule has 0 radical (unpaired) electrons. The molecule has 1 heterocycles. The molecule has 0 saturated carbocycles. The monoisotopic (exact) mass is 214 g/mol. The first-order chi connectivity index (χ1) is 7.70. The Morgan fingerprint density at radius 1 is 1.31 bits per heavy atom. The van der Waals surface area contributed by atoms with Crippen LogP contribution in [0.25, 0.3) is 0 Å². The third kappa shape index (κ3) is 1.89. The molecule has 0 amide bonds. The average Bonchev–Trinajstić information content (AvgIpc) is 2.78. The first kappa shape index (κ1) is 10.6. The summed E-state index contributed by atoms with van der Waals surface area (Å²) < 4.78 is 1.90. The second kappa shape index (κ2) is 4.31. The Kier molecular flexibility index (Phi) is 2.86. The normalized spacial score (nSPS) is 12.4. The second-order valence-electron chi connectivity index (χ2n) is 3.83. The molecule has 0 bridgehead atoms. The van der Waals surface area contributed by atoms with Crippen LogP contribution in [-0.4, -0.2) is 15.3 Å². The molecule has 0 N–H and O–H groups in total. The van der Waals surface area contributed by atoms with Crippen molar-refractivity contribution in [3.05, 3.63) is 54.1 Å². The van der Waals surface area contributed by atoms with Crippen LogP contribution in [0.15, 0.2) is 42.9 Å². The van der Waals surface area contributed by atoms with Gasteiger partial charge in [0.15, 0.2) is 5.78 Å². The predicted molar refractivity (Wildman–Crippen MR) is 62.5 cm³/mol. The van der Waals surface area contributed by atoms with Crippen molar-refractivity contribution >= 4 is 5.78 Å². The summed E-state index contributed by atoms with van der Waals surface area (Å²) in [5.41, 5.74) is 1.82. The molecule has 0 aliphatic carbocycles. The molecular formula is C13H14N2O. The molecule has 0 aliphatic heterocycles. The summed E-state index contributed by atoms with van der Waals surface area (Å²) in [6.07, 6.45) is 3.32. The van der Waals surface area contributed by atoms with Crippen molar-refractivity contribution in [2.24, 2.45) is 0 Å². The van der Waals surface area contributed by atoms with Gasteiger partial charge >= 0.3 is 0 Å². The number of rotatable bonds is 3. The Morgan fingerprint density at radius 3 is 2.62 bits per heavy atom. The highest BCUT2D eigenvalue weighted by atomic mass is 16.1. The van der Waals surface area contributed by atoms with E-state index in [1.54, 1.807) is 19.4 Å². The standard InChI is InChI=1S/C13H14N2O/c1-10(12-6-4-3-5-7-12)15-9-14-8-13(15)11(2)16/h3-10H,1-2H3/t10-/m1/s1. The Balaban J connectivity index is 2.38. The van der Waals surface area contributed by atoms with E-state index in [1.807, 2.05) is 22.8 Å². The van der Waals surface area contributed by atoms with Crippen LogP contribution in [0.5, 0.6) is 0 Å². The maximum absolute atomic E-state index is 11.4. The van der Waals surface area contributed by atoms with Gasteiger partial charge in [0.05, 0.1) is 18.6 Å².